The van der Waals surface area contributed by atoms with Gasteiger partial charge in [-0.2, -0.15) is 0 Å². The minimum absolute atomic E-state index is 0.140. The first-order valence-electron chi connectivity index (χ1n) is 7.67. The minimum atomic E-state index is -0.140. The Morgan fingerprint density at radius 3 is 2.55 bits per heavy atom. The molecule has 0 heterocycles. The largest absolute Gasteiger partial charge is 0.497 e. The van der Waals surface area contributed by atoms with Crippen molar-refractivity contribution in [1.29, 1.82) is 0 Å². The van der Waals surface area contributed by atoms with E-state index in [-0.39, 0.29) is 6.10 Å². The zero-order valence-electron chi connectivity index (χ0n) is 12.9. The van der Waals surface area contributed by atoms with Crippen LogP contribution >= 0.6 is 0 Å². The number of aliphatic hydroxyl groups excluding tert-OH is 1. The summed E-state index contributed by atoms with van der Waals surface area (Å²) in [6.45, 7) is 3.18. The first-order chi connectivity index (χ1) is 9.63. The molecule has 1 aliphatic rings. The molecule has 3 heteroatoms. The molecule has 1 aromatic carbocycles. The summed E-state index contributed by atoms with van der Waals surface area (Å²) in [5, 5.41) is 10.2. The van der Waals surface area contributed by atoms with Crippen LogP contribution in [0.5, 0.6) is 5.75 Å². The molecule has 1 aromatic rings. The van der Waals surface area contributed by atoms with Gasteiger partial charge in [0, 0.05) is 25.2 Å². The van der Waals surface area contributed by atoms with Crippen LogP contribution in [0.2, 0.25) is 0 Å². The molecular formula is C17H27NO2. The van der Waals surface area contributed by atoms with Crippen LogP contribution in [0.15, 0.2) is 24.3 Å². The molecule has 1 saturated carbocycles. The van der Waals surface area contributed by atoms with Gasteiger partial charge < -0.3 is 14.7 Å². The molecule has 0 radical (unpaired) electrons. The Kier molecular flexibility index (Phi) is 5.30. The van der Waals surface area contributed by atoms with E-state index in [9.17, 15) is 5.11 Å². The van der Waals surface area contributed by atoms with Crippen molar-refractivity contribution in [2.75, 3.05) is 25.6 Å². The molecule has 1 fully saturated rings. The van der Waals surface area contributed by atoms with Crippen LogP contribution in [0, 0.1) is 11.8 Å². The van der Waals surface area contributed by atoms with Crippen molar-refractivity contribution in [1.82, 2.24) is 0 Å². The number of nitrogens with zero attached hydrogens (tertiary/aromatic N) is 1. The van der Waals surface area contributed by atoms with Crippen molar-refractivity contribution in [2.45, 2.75) is 38.7 Å². The van der Waals surface area contributed by atoms with Gasteiger partial charge in [0.05, 0.1) is 13.2 Å². The summed E-state index contributed by atoms with van der Waals surface area (Å²) >= 11 is 0. The minimum Gasteiger partial charge on any atom is -0.497 e. The van der Waals surface area contributed by atoms with E-state index in [0.29, 0.717) is 5.92 Å². The SMILES string of the molecule is CCC1CCC(O)C(CN(C)c2ccc(OC)cc2)C1. The fourth-order valence-electron chi connectivity index (χ4n) is 3.21. The Balaban J connectivity index is 1.96. The maximum Gasteiger partial charge on any atom is 0.119 e. The Morgan fingerprint density at radius 2 is 1.95 bits per heavy atom. The molecule has 0 bridgehead atoms. The summed E-state index contributed by atoms with van der Waals surface area (Å²) in [6.07, 6.45) is 4.38. The third kappa shape index (κ3) is 3.66. The van der Waals surface area contributed by atoms with Gasteiger partial charge in [-0.25, -0.2) is 0 Å². The summed E-state index contributed by atoms with van der Waals surface area (Å²) in [7, 11) is 3.78. The number of hydrogen-bond donors (Lipinski definition) is 1. The molecule has 0 spiro atoms. The standard InChI is InChI=1S/C17H27NO2/c1-4-13-5-10-17(19)14(11-13)12-18(2)15-6-8-16(20-3)9-7-15/h6-9,13-14,17,19H,4-5,10-12H2,1-3H3. The Bertz CT molecular complexity index is 404. The van der Waals surface area contributed by atoms with Crippen molar-refractivity contribution in [3.05, 3.63) is 24.3 Å². The van der Waals surface area contributed by atoms with Crippen LogP contribution in [0.1, 0.15) is 32.6 Å². The van der Waals surface area contributed by atoms with Crippen molar-refractivity contribution in [2.24, 2.45) is 11.8 Å². The monoisotopic (exact) mass is 277 g/mol. The second kappa shape index (κ2) is 6.98. The Hall–Kier alpha value is -1.22. The van der Waals surface area contributed by atoms with Gasteiger partial charge in [-0.3, -0.25) is 0 Å². The highest BCUT2D eigenvalue weighted by atomic mass is 16.5. The highest BCUT2D eigenvalue weighted by Crippen LogP contribution is 2.32. The predicted octanol–water partition coefficient (Wildman–Crippen LogP) is 3.32. The molecule has 2 rings (SSSR count). The van der Waals surface area contributed by atoms with E-state index in [1.54, 1.807) is 7.11 Å². The molecule has 0 aromatic heterocycles. The van der Waals surface area contributed by atoms with Gasteiger partial charge in [-0.1, -0.05) is 13.3 Å². The summed E-state index contributed by atoms with van der Waals surface area (Å²) in [4.78, 5) is 2.24. The second-order valence-electron chi connectivity index (χ2n) is 5.99. The number of benzene rings is 1. The lowest BCUT2D eigenvalue weighted by Crippen LogP contribution is -2.37. The summed E-state index contributed by atoms with van der Waals surface area (Å²) < 4.78 is 5.19. The third-order valence-electron chi connectivity index (χ3n) is 4.65. The molecule has 0 amide bonds. The van der Waals surface area contributed by atoms with Gasteiger partial charge >= 0.3 is 0 Å². The predicted molar refractivity (Wildman–Crippen MR) is 83.4 cm³/mol. The maximum atomic E-state index is 10.2. The van der Waals surface area contributed by atoms with E-state index in [1.165, 1.54) is 18.5 Å². The fraction of sp³-hybridized carbons (Fsp3) is 0.647. The van der Waals surface area contributed by atoms with Crippen molar-refractivity contribution in [3.8, 4) is 5.75 Å². The van der Waals surface area contributed by atoms with Gasteiger partial charge in [-0.05, 0) is 49.4 Å². The molecule has 0 aliphatic heterocycles. The average Bonchev–Trinajstić information content (AvgIpc) is 2.49. The number of rotatable bonds is 5. The molecule has 1 N–H and O–H groups in total. The van der Waals surface area contributed by atoms with E-state index in [0.717, 1.165) is 31.1 Å². The summed E-state index contributed by atoms with van der Waals surface area (Å²) in [5.74, 6) is 2.05. The van der Waals surface area contributed by atoms with Crippen LogP contribution in [-0.2, 0) is 0 Å². The zero-order valence-corrected chi connectivity index (χ0v) is 12.9. The molecule has 1 aliphatic carbocycles. The van der Waals surface area contributed by atoms with Crippen LogP contribution in [0.4, 0.5) is 5.69 Å². The molecule has 0 saturated heterocycles. The van der Waals surface area contributed by atoms with Gasteiger partial charge in [0.25, 0.3) is 0 Å². The highest BCUT2D eigenvalue weighted by molar-refractivity contribution is 5.48. The highest BCUT2D eigenvalue weighted by Gasteiger charge is 2.29. The van der Waals surface area contributed by atoms with E-state index in [2.05, 4.69) is 31.0 Å². The number of hydrogen-bond acceptors (Lipinski definition) is 3. The van der Waals surface area contributed by atoms with Crippen molar-refractivity contribution in [3.63, 3.8) is 0 Å². The number of anilines is 1. The summed E-state index contributed by atoms with van der Waals surface area (Å²) in [6, 6.07) is 8.12. The molecule has 20 heavy (non-hydrogen) atoms. The van der Waals surface area contributed by atoms with Gasteiger partial charge in [0.15, 0.2) is 0 Å². The summed E-state index contributed by atoms with van der Waals surface area (Å²) in [5.41, 5.74) is 1.18. The zero-order chi connectivity index (χ0) is 14.5. The van der Waals surface area contributed by atoms with Gasteiger partial charge in [0.1, 0.15) is 5.75 Å². The smallest absolute Gasteiger partial charge is 0.119 e. The lowest BCUT2D eigenvalue weighted by molar-refractivity contribution is 0.0511. The first-order valence-corrected chi connectivity index (χ1v) is 7.67. The molecule has 3 atom stereocenters. The Morgan fingerprint density at radius 1 is 1.25 bits per heavy atom. The maximum absolute atomic E-state index is 10.2. The fourth-order valence-corrected chi connectivity index (χ4v) is 3.21. The Labute approximate surface area is 122 Å². The van der Waals surface area contributed by atoms with E-state index in [1.807, 2.05) is 12.1 Å². The van der Waals surface area contributed by atoms with Crippen LogP contribution in [0.3, 0.4) is 0 Å². The lowest BCUT2D eigenvalue weighted by atomic mass is 9.78. The van der Waals surface area contributed by atoms with Crippen molar-refractivity contribution < 1.29 is 9.84 Å². The third-order valence-corrected chi connectivity index (χ3v) is 4.65. The topological polar surface area (TPSA) is 32.7 Å². The number of ether oxygens (including phenoxy) is 1. The van der Waals surface area contributed by atoms with Gasteiger partial charge in [0.2, 0.25) is 0 Å². The normalized spacial score (nSPS) is 26.3. The van der Waals surface area contributed by atoms with Crippen LogP contribution in [-0.4, -0.2) is 31.9 Å². The quantitative estimate of drug-likeness (QED) is 0.896. The van der Waals surface area contributed by atoms with Gasteiger partial charge in [-0.15, -0.1) is 0 Å². The lowest BCUT2D eigenvalue weighted by Gasteiger charge is -2.36. The molecular weight excluding hydrogens is 250 g/mol. The van der Waals surface area contributed by atoms with Crippen LogP contribution in [0.25, 0.3) is 0 Å². The molecule has 3 unspecified atom stereocenters. The average molecular weight is 277 g/mol. The first kappa shape index (κ1) is 15.2. The van der Waals surface area contributed by atoms with Crippen LogP contribution < -0.4 is 9.64 Å². The van der Waals surface area contributed by atoms with E-state index >= 15 is 0 Å². The van der Waals surface area contributed by atoms with Crippen molar-refractivity contribution >= 4 is 5.69 Å². The second-order valence-corrected chi connectivity index (χ2v) is 5.99. The number of aliphatic hydroxyl groups is 1. The molecule has 3 nitrogen and oxygen atoms in total. The number of methoxy groups -OCH3 is 1. The van der Waals surface area contributed by atoms with E-state index < -0.39 is 0 Å². The van der Waals surface area contributed by atoms with E-state index in [4.69, 9.17) is 4.74 Å². The molecule has 112 valence electrons.